The molecule has 1 aromatic carbocycles. The van der Waals surface area contributed by atoms with Crippen LogP contribution in [0.2, 0.25) is 0 Å². The number of aromatic amines is 1. The summed E-state index contributed by atoms with van der Waals surface area (Å²) in [5, 5.41) is 3.31. The van der Waals surface area contributed by atoms with Crippen molar-refractivity contribution in [1.82, 2.24) is 10.3 Å². The van der Waals surface area contributed by atoms with Crippen LogP contribution >= 0.6 is 0 Å². The van der Waals surface area contributed by atoms with Gasteiger partial charge in [-0.25, -0.2) is 4.79 Å². The lowest BCUT2D eigenvalue weighted by Crippen LogP contribution is -2.49. The lowest BCUT2D eigenvalue weighted by molar-refractivity contribution is -0.120. The van der Waals surface area contributed by atoms with Crippen molar-refractivity contribution in [1.29, 1.82) is 0 Å². The first kappa shape index (κ1) is 11.6. The number of methoxy groups -OCH3 is 1. The molecule has 6 heteroatoms. The molecule has 0 spiro atoms. The first-order valence-corrected chi connectivity index (χ1v) is 5.96. The first-order chi connectivity index (χ1) is 9.20. The van der Waals surface area contributed by atoms with Crippen LogP contribution in [0.1, 0.15) is 6.42 Å². The van der Waals surface area contributed by atoms with Crippen LogP contribution in [-0.2, 0) is 4.79 Å². The quantitative estimate of drug-likeness (QED) is 0.860. The Balaban J connectivity index is 2.09. The molecule has 19 heavy (non-hydrogen) atoms. The number of anilines is 1. The highest BCUT2D eigenvalue weighted by Gasteiger charge is 2.27. The molecule has 2 aromatic rings. The Morgan fingerprint density at radius 1 is 1.26 bits per heavy atom. The van der Waals surface area contributed by atoms with E-state index < -0.39 is 6.03 Å². The molecule has 3 amide bonds. The van der Waals surface area contributed by atoms with Gasteiger partial charge in [0.05, 0.1) is 18.3 Å². The van der Waals surface area contributed by atoms with Gasteiger partial charge in [-0.05, 0) is 12.1 Å². The number of benzene rings is 1. The van der Waals surface area contributed by atoms with Crippen molar-refractivity contribution in [3.05, 3.63) is 24.4 Å². The van der Waals surface area contributed by atoms with Gasteiger partial charge in [-0.15, -0.1) is 0 Å². The average molecular weight is 259 g/mol. The number of urea groups is 1. The van der Waals surface area contributed by atoms with E-state index in [0.29, 0.717) is 18.0 Å². The second-order valence-corrected chi connectivity index (χ2v) is 4.31. The van der Waals surface area contributed by atoms with E-state index >= 15 is 0 Å². The fourth-order valence-corrected chi connectivity index (χ4v) is 2.30. The molecule has 0 radical (unpaired) electrons. The molecule has 1 aliphatic heterocycles. The topological polar surface area (TPSA) is 74.4 Å². The molecule has 2 N–H and O–H groups in total. The zero-order valence-corrected chi connectivity index (χ0v) is 10.4. The number of rotatable bonds is 2. The van der Waals surface area contributed by atoms with Crippen molar-refractivity contribution in [2.24, 2.45) is 0 Å². The third-order valence-electron chi connectivity index (χ3n) is 3.21. The van der Waals surface area contributed by atoms with Crippen LogP contribution in [0, 0.1) is 0 Å². The molecule has 98 valence electrons. The summed E-state index contributed by atoms with van der Waals surface area (Å²) in [4.78, 5) is 27.7. The number of carbonyl (C=O) groups excluding carboxylic acids is 2. The summed E-state index contributed by atoms with van der Waals surface area (Å²) < 4.78 is 5.41. The van der Waals surface area contributed by atoms with Gasteiger partial charge >= 0.3 is 6.03 Å². The number of fused-ring (bicyclic) bond motifs is 1. The van der Waals surface area contributed by atoms with Gasteiger partial charge in [-0.1, -0.05) is 6.07 Å². The lowest BCUT2D eigenvalue weighted by atomic mass is 10.2. The molecule has 0 saturated carbocycles. The molecular formula is C13H13N3O3. The summed E-state index contributed by atoms with van der Waals surface area (Å²) in [6.07, 6.45) is 2.11. The van der Waals surface area contributed by atoms with Gasteiger partial charge in [0.1, 0.15) is 0 Å². The molecule has 1 saturated heterocycles. The highest BCUT2D eigenvalue weighted by Crippen LogP contribution is 2.35. The average Bonchev–Trinajstić information content (AvgIpc) is 2.86. The maximum atomic E-state index is 11.9. The van der Waals surface area contributed by atoms with E-state index in [4.69, 9.17) is 4.74 Å². The number of ether oxygens (including phenoxy) is 1. The van der Waals surface area contributed by atoms with Crippen molar-refractivity contribution >= 4 is 28.5 Å². The van der Waals surface area contributed by atoms with Gasteiger partial charge in [0.15, 0.2) is 5.75 Å². The minimum Gasteiger partial charge on any atom is -0.492 e. The van der Waals surface area contributed by atoms with E-state index in [0.717, 1.165) is 10.9 Å². The van der Waals surface area contributed by atoms with Crippen molar-refractivity contribution in [2.75, 3.05) is 18.6 Å². The molecule has 1 aliphatic rings. The third kappa shape index (κ3) is 1.81. The van der Waals surface area contributed by atoms with Crippen molar-refractivity contribution in [3.8, 4) is 5.75 Å². The SMILES string of the molecule is COc1c(N2CCC(=O)NC2=O)ccc2cc[nH]c12. The summed E-state index contributed by atoms with van der Waals surface area (Å²) in [7, 11) is 1.56. The van der Waals surface area contributed by atoms with E-state index in [-0.39, 0.29) is 12.3 Å². The molecular weight excluding hydrogens is 246 g/mol. The Morgan fingerprint density at radius 3 is 2.84 bits per heavy atom. The summed E-state index contributed by atoms with van der Waals surface area (Å²) in [5.74, 6) is 0.355. The molecule has 1 fully saturated rings. The normalized spacial score (nSPS) is 15.7. The van der Waals surface area contributed by atoms with Gasteiger partial charge in [0, 0.05) is 24.5 Å². The van der Waals surface area contributed by atoms with Crippen LogP contribution in [-0.4, -0.2) is 30.6 Å². The monoisotopic (exact) mass is 259 g/mol. The Hall–Kier alpha value is -2.50. The standard InChI is InChI=1S/C13H13N3O3/c1-19-12-9(3-2-8-4-6-14-11(8)12)16-7-5-10(17)15-13(16)18/h2-4,6,14H,5,7H2,1H3,(H,15,17,18). The number of imide groups is 1. The van der Waals surface area contributed by atoms with E-state index in [1.165, 1.54) is 4.90 Å². The number of hydrogen-bond acceptors (Lipinski definition) is 3. The largest absolute Gasteiger partial charge is 0.492 e. The Morgan fingerprint density at radius 2 is 2.11 bits per heavy atom. The zero-order valence-electron chi connectivity index (χ0n) is 10.4. The van der Waals surface area contributed by atoms with Crippen LogP contribution in [0.5, 0.6) is 5.75 Å². The van der Waals surface area contributed by atoms with Crippen LogP contribution in [0.3, 0.4) is 0 Å². The van der Waals surface area contributed by atoms with Crippen LogP contribution in [0.15, 0.2) is 24.4 Å². The van der Waals surface area contributed by atoms with E-state index in [1.54, 1.807) is 7.11 Å². The molecule has 2 heterocycles. The third-order valence-corrected chi connectivity index (χ3v) is 3.21. The van der Waals surface area contributed by atoms with E-state index in [2.05, 4.69) is 10.3 Å². The molecule has 0 unspecified atom stereocenters. The van der Waals surface area contributed by atoms with Crippen LogP contribution < -0.4 is 15.0 Å². The molecule has 1 aromatic heterocycles. The number of aromatic nitrogens is 1. The Bertz CT molecular complexity index is 662. The summed E-state index contributed by atoms with van der Waals surface area (Å²) >= 11 is 0. The van der Waals surface area contributed by atoms with Crippen molar-refractivity contribution in [2.45, 2.75) is 6.42 Å². The first-order valence-electron chi connectivity index (χ1n) is 5.96. The minimum absolute atomic E-state index is 0.249. The van der Waals surface area contributed by atoms with Gasteiger partial charge < -0.3 is 9.72 Å². The predicted octanol–water partition coefficient (Wildman–Crippen LogP) is 1.62. The Kier molecular flexibility index (Phi) is 2.63. The molecule has 3 rings (SSSR count). The van der Waals surface area contributed by atoms with Gasteiger partial charge in [-0.2, -0.15) is 0 Å². The molecule has 0 atom stereocenters. The highest BCUT2D eigenvalue weighted by atomic mass is 16.5. The molecule has 0 aliphatic carbocycles. The minimum atomic E-state index is -0.416. The van der Waals surface area contributed by atoms with Gasteiger partial charge in [0.2, 0.25) is 5.91 Å². The predicted molar refractivity (Wildman–Crippen MR) is 70.4 cm³/mol. The second-order valence-electron chi connectivity index (χ2n) is 4.31. The van der Waals surface area contributed by atoms with Crippen molar-refractivity contribution in [3.63, 3.8) is 0 Å². The lowest BCUT2D eigenvalue weighted by Gasteiger charge is -2.27. The second kappa shape index (κ2) is 4.31. The number of nitrogens with zero attached hydrogens (tertiary/aromatic N) is 1. The number of hydrogen-bond donors (Lipinski definition) is 2. The maximum Gasteiger partial charge on any atom is 0.328 e. The van der Waals surface area contributed by atoms with Crippen LogP contribution in [0.25, 0.3) is 10.9 Å². The maximum absolute atomic E-state index is 11.9. The fraction of sp³-hybridized carbons (Fsp3) is 0.231. The van der Waals surface area contributed by atoms with E-state index in [9.17, 15) is 9.59 Å². The van der Waals surface area contributed by atoms with Crippen molar-refractivity contribution < 1.29 is 14.3 Å². The highest BCUT2D eigenvalue weighted by molar-refractivity contribution is 6.07. The molecule has 0 bridgehead atoms. The Labute approximate surface area is 109 Å². The smallest absolute Gasteiger partial charge is 0.328 e. The number of carbonyl (C=O) groups is 2. The number of amides is 3. The number of H-pyrrole nitrogens is 1. The molecule has 6 nitrogen and oxygen atoms in total. The summed E-state index contributed by atoms with van der Waals surface area (Å²) in [5.41, 5.74) is 1.49. The summed E-state index contributed by atoms with van der Waals surface area (Å²) in [6.45, 7) is 0.354. The van der Waals surface area contributed by atoms with E-state index in [1.807, 2.05) is 24.4 Å². The van der Waals surface area contributed by atoms with Crippen LogP contribution in [0.4, 0.5) is 10.5 Å². The van der Waals surface area contributed by atoms with Gasteiger partial charge in [-0.3, -0.25) is 15.0 Å². The fourth-order valence-electron chi connectivity index (χ4n) is 2.30. The number of nitrogens with one attached hydrogen (secondary N) is 2. The van der Waals surface area contributed by atoms with Gasteiger partial charge in [0.25, 0.3) is 0 Å². The zero-order chi connectivity index (χ0) is 13.4. The summed E-state index contributed by atoms with van der Waals surface area (Å²) in [6, 6.07) is 5.25.